The molecule has 0 aliphatic rings. The smallest absolute Gasteiger partial charge is 0.265 e. The van der Waals surface area contributed by atoms with E-state index >= 15 is 0 Å². The van der Waals surface area contributed by atoms with Crippen LogP contribution in [0.15, 0.2) is 75.3 Å². The first-order valence-electron chi connectivity index (χ1n) is 13.5. The van der Waals surface area contributed by atoms with Gasteiger partial charge in [0.2, 0.25) is 15.9 Å². The zero-order valence-corrected chi connectivity index (χ0v) is 24.4. The molecule has 4 rings (SSSR count). The number of hydrogen-bond acceptors (Lipinski definition) is 6. The molecule has 40 heavy (non-hydrogen) atoms. The van der Waals surface area contributed by atoms with Gasteiger partial charge in [-0.3, -0.25) is 9.79 Å². The maximum Gasteiger partial charge on any atom is 0.265 e. The topological polar surface area (TPSA) is 104 Å². The molecule has 0 aliphatic heterocycles. The number of aryl methyl sites for hydroxylation is 2. The molecule has 4 aromatic rings. The van der Waals surface area contributed by atoms with Crippen molar-refractivity contribution < 1.29 is 13.5 Å². The average Bonchev–Trinajstić information content (AvgIpc) is 2.93. The number of fused-ring (bicyclic) bond motifs is 1. The summed E-state index contributed by atoms with van der Waals surface area (Å²) in [5, 5.41) is 15.8. The van der Waals surface area contributed by atoms with E-state index in [-0.39, 0.29) is 16.3 Å². The molecule has 9 heteroatoms. The summed E-state index contributed by atoms with van der Waals surface area (Å²) in [6.07, 6.45) is 2.37. The van der Waals surface area contributed by atoms with Crippen molar-refractivity contribution in [2.75, 3.05) is 25.0 Å². The molecule has 210 valence electrons. The molecule has 0 atom stereocenters. The highest BCUT2D eigenvalue weighted by molar-refractivity contribution is 7.89. The van der Waals surface area contributed by atoms with Crippen LogP contribution in [0.4, 0.5) is 11.4 Å². The first kappa shape index (κ1) is 29.0. The molecular weight excluding hydrogens is 524 g/mol. The van der Waals surface area contributed by atoms with Crippen molar-refractivity contribution in [1.29, 1.82) is 0 Å². The van der Waals surface area contributed by atoms with Crippen LogP contribution in [0.3, 0.4) is 0 Å². The summed E-state index contributed by atoms with van der Waals surface area (Å²) in [4.78, 5) is 18.4. The Labute approximate surface area is 235 Å². The number of aliphatic imine (C=N–C) groups is 1. The highest BCUT2D eigenvalue weighted by Gasteiger charge is 2.23. The number of aromatic nitrogens is 1. The van der Waals surface area contributed by atoms with Crippen LogP contribution in [-0.4, -0.2) is 48.2 Å². The predicted molar refractivity (Wildman–Crippen MR) is 163 cm³/mol. The highest BCUT2D eigenvalue weighted by atomic mass is 32.2. The normalized spacial score (nSPS) is 12.1. The first-order chi connectivity index (χ1) is 19.1. The maximum atomic E-state index is 13.5. The Balaban J connectivity index is 1.94. The number of hydrogen-bond donors (Lipinski definition) is 2. The number of aromatic hydroxyl groups is 1. The number of nitrogens with zero attached hydrogens (tertiary/aromatic N) is 3. The zero-order chi connectivity index (χ0) is 29.0. The summed E-state index contributed by atoms with van der Waals surface area (Å²) in [5.74, 6) is -0.241. The van der Waals surface area contributed by atoms with Crippen LogP contribution in [0, 0.1) is 13.8 Å². The monoisotopic (exact) mass is 560 g/mol. The number of rotatable bonds is 10. The lowest BCUT2D eigenvalue weighted by Gasteiger charge is -2.19. The van der Waals surface area contributed by atoms with Crippen molar-refractivity contribution in [2.24, 2.45) is 4.99 Å². The van der Waals surface area contributed by atoms with Crippen molar-refractivity contribution >= 4 is 38.4 Å². The second-order valence-corrected chi connectivity index (χ2v) is 11.6. The Kier molecular flexibility index (Phi) is 8.76. The Bertz CT molecular complexity index is 1740. The van der Waals surface area contributed by atoms with Gasteiger partial charge in [0.1, 0.15) is 0 Å². The van der Waals surface area contributed by atoms with Gasteiger partial charge in [0.05, 0.1) is 27.5 Å². The Morgan fingerprint density at radius 3 is 2.33 bits per heavy atom. The Morgan fingerprint density at radius 2 is 1.68 bits per heavy atom. The molecule has 0 unspecified atom stereocenters. The number of sulfonamides is 1. The minimum Gasteiger partial charge on any atom is -0.494 e. The molecule has 3 aromatic carbocycles. The number of benzene rings is 3. The lowest BCUT2D eigenvalue weighted by Crippen LogP contribution is -2.30. The van der Waals surface area contributed by atoms with E-state index in [1.54, 1.807) is 56.3 Å². The van der Waals surface area contributed by atoms with Gasteiger partial charge in [-0.1, -0.05) is 56.7 Å². The summed E-state index contributed by atoms with van der Waals surface area (Å²) in [6, 6.07) is 17.6. The van der Waals surface area contributed by atoms with Gasteiger partial charge in [-0.25, -0.2) is 13.0 Å². The van der Waals surface area contributed by atoms with Gasteiger partial charge >= 0.3 is 0 Å². The standard InChI is InChI=1S/C31H36N4O4S/c1-6-17-32-27-15-14-23(40(38,39)34(7-2)8-3)19-28(27)33-20-26-24-11-9-10-12-25(24)30(36)35(31(26)37)29-16-13-21(4)18-22(29)5/h9-16,18-20,32,37H,6-8,17H2,1-5H3. The third-order valence-corrected chi connectivity index (χ3v) is 8.95. The minimum absolute atomic E-state index is 0.139. The molecule has 0 spiro atoms. The molecule has 0 amide bonds. The van der Waals surface area contributed by atoms with Crippen LogP contribution < -0.4 is 10.9 Å². The maximum absolute atomic E-state index is 13.5. The molecule has 1 aromatic heterocycles. The molecule has 0 fully saturated rings. The summed E-state index contributed by atoms with van der Waals surface area (Å²) in [5.41, 5.74) is 3.56. The molecule has 0 saturated heterocycles. The quantitative estimate of drug-likeness (QED) is 0.235. The van der Waals surface area contributed by atoms with Crippen LogP contribution in [0.5, 0.6) is 5.88 Å². The van der Waals surface area contributed by atoms with Gasteiger partial charge in [-0.15, -0.1) is 0 Å². The highest BCUT2D eigenvalue weighted by Crippen LogP contribution is 2.32. The van der Waals surface area contributed by atoms with E-state index in [4.69, 9.17) is 0 Å². The van der Waals surface area contributed by atoms with E-state index in [0.29, 0.717) is 53.0 Å². The summed E-state index contributed by atoms with van der Waals surface area (Å²) in [6.45, 7) is 10.9. The van der Waals surface area contributed by atoms with Crippen molar-refractivity contribution in [3.05, 3.63) is 87.7 Å². The lowest BCUT2D eigenvalue weighted by molar-refractivity contribution is 0.436. The third-order valence-electron chi connectivity index (χ3n) is 6.91. The summed E-state index contributed by atoms with van der Waals surface area (Å²) >= 11 is 0. The van der Waals surface area contributed by atoms with Gasteiger partial charge in [-0.05, 0) is 56.2 Å². The second kappa shape index (κ2) is 12.1. The second-order valence-electron chi connectivity index (χ2n) is 9.67. The van der Waals surface area contributed by atoms with Crippen LogP contribution in [0.1, 0.15) is 43.9 Å². The van der Waals surface area contributed by atoms with Gasteiger partial charge in [0, 0.05) is 36.6 Å². The average molecular weight is 561 g/mol. The van der Waals surface area contributed by atoms with Gasteiger partial charge < -0.3 is 10.4 Å². The number of pyridine rings is 1. The van der Waals surface area contributed by atoms with E-state index in [1.807, 2.05) is 39.0 Å². The predicted octanol–water partition coefficient (Wildman–Crippen LogP) is 5.92. The molecule has 0 saturated carbocycles. The molecule has 8 nitrogen and oxygen atoms in total. The lowest BCUT2D eigenvalue weighted by atomic mass is 10.1. The van der Waals surface area contributed by atoms with Crippen LogP contribution in [-0.2, 0) is 10.0 Å². The van der Waals surface area contributed by atoms with Gasteiger partial charge in [-0.2, -0.15) is 4.31 Å². The summed E-state index contributed by atoms with van der Waals surface area (Å²) < 4.78 is 29.2. The van der Waals surface area contributed by atoms with Crippen molar-refractivity contribution in [3.63, 3.8) is 0 Å². The third kappa shape index (κ3) is 5.52. The Morgan fingerprint density at radius 1 is 0.975 bits per heavy atom. The molecule has 2 N–H and O–H groups in total. The van der Waals surface area contributed by atoms with Gasteiger partial charge in [0.15, 0.2) is 0 Å². The minimum atomic E-state index is -3.71. The van der Waals surface area contributed by atoms with Crippen molar-refractivity contribution in [2.45, 2.75) is 45.9 Å². The number of nitrogens with one attached hydrogen (secondary N) is 1. The number of anilines is 1. The molecule has 0 bridgehead atoms. The largest absolute Gasteiger partial charge is 0.494 e. The first-order valence-corrected chi connectivity index (χ1v) is 14.9. The van der Waals surface area contributed by atoms with E-state index in [0.717, 1.165) is 17.5 Å². The summed E-state index contributed by atoms with van der Waals surface area (Å²) in [7, 11) is -3.71. The molecular formula is C31H36N4O4S. The van der Waals surface area contributed by atoms with Crippen LogP contribution >= 0.6 is 0 Å². The molecule has 0 aliphatic carbocycles. The fraction of sp³-hybridized carbons (Fsp3) is 0.290. The van der Waals surface area contributed by atoms with Crippen LogP contribution in [0.25, 0.3) is 16.5 Å². The van der Waals surface area contributed by atoms with E-state index in [1.165, 1.54) is 15.1 Å². The van der Waals surface area contributed by atoms with E-state index in [9.17, 15) is 18.3 Å². The zero-order valence-electron chi connectivity index (χ0n) is 23.6. The van der Waals surface area contributed by atoms with Crippen LogP contribution in [0.2, 0.25) is 0 Å². The fourth-order valence-corrected chi connectivity index (χ4v) is 6.28. The molecule has 1 heterocycles. The van der Waals surface area contributed by atoms with Gasteiger partial charge in [0.25, 0.3) is 5.56 Å². The SMILES string of the molecule is CCCNc1ccc(S(=O)(=O)N(CC)CC)cc1N=Cc1c(O)n(-c2ccc(C)cc2C)c(=O)c2ccccc12. The Hall–Kier alpha value is -3.95. The van der Waals surface area contributed by atoms with Crippen molar-refractivity contribution in [3.8, 4) is 11.6 Å². The van der Waals surface area contributed by atoms with Crippen molar-refractivity contribution in [1.82, 2.24) is 8.87 Å². The molecule has 0 radical (unpaired) electrons. The fourth-order valence-electron chi connectivity index (χ4n) is 4.80. The van der Waals surface area contributed by atoms with E-state index < -0.39 is 10.0 Å². The van der Waals surface area contributed by atoms with E-state index in [2.05, 4.69) is 10.3 Å².